The number of nitrogens with zero attached hydrogens (tertiary/aromatic N) is 4. The van der Waals surface area contributed by atoms with E-state index in [0.29, 0.717) is 10.7 Å². The number of nitrogens with one attached hydrogen (secondary N) is 3. The van der Waals surface area contributed by atoms with Crippen LogP contribution in [0.2, 0.25) is 5.02 Å². The first-order chi connectivity index (χ1) is 13.8. The molecule has 0 aliphatic heterocycles. The number of H-pyrrole nitrogens is 2. The third kappa shape index (κ3) is 5.36. The van der Waals surface area contributed by atoms with Gasteiger partial charge in [-0.3, -0.25) is 14.8 Å². The topological polar surface area (TPSA) is 148 Å². The standard InChI is InChI=1S/C18H16ClN7O3/c1-9-7-10(2)22-17(21-9)26-16(23-12-5-3-11(19)4-6-12)20-8-13-14(27)24-18(29)25-15(13)28/h3-8H,1-2H3,(H,21,22,23,26)(H3,24,25,27,28,29). The number of aryl methyl sites for hydroxylation is 2. The third-order valence-electron chi connectivity index (χ3n) is 3.55. The third-order valence-corrected chi connectivity index (χ3v) is 3.80. The fourth-order valence-electron chi connectivity index (χ4n) is 2.33. The number of anilines is 1. The number of hydrogen-bond acceptors (Lipinski definition) is 6. The van der Waals surface area contributed by atoms with Crippen LogP contribution in [0, 0.1) is 13.8 Å². The Hall–Kier alpha value is -3.79. The van der Waals surface area contributed by atoms with Crippen molar-refractivity contribution in [3.8, 4) is 5.88 Å². The van der Waals surface area contributed by atoms with Gasteiger partial charge in [0.1, 0.15) is 5.56 Å². The van der Waals surface area contributed by atoms with E-state index in [1.165, 1.54) is 0 Å². The predicted molar refractivity (Wildman–Crippen MR) is 111 cm³/mol. The van der Waals surface area contributed by atoms with Crippen LogP contribution in [0.25, 0.3) is 0 Å². The highest BCUT2D eigenvalue weighted by Crippen LogP contribution is 2.15. The lowest BCUT2D eigenvalue weighted by atomic mass is 10.3. The molecule has 0 bridgehead atoms. The van der Waals surface area contributed by atoms with Gasteiger partial charge in [0.05, 0.1) is 0 Å². The molecule has 11 heteroatoms. The number of aromatic amines is 2. The molecule has 3 rings (SSSR count). The smallest absolute Gasteiger partial charge is 0.328 e. The number of guanidine groups is 1. The Kier molecular flexibility index (Phi) is 5.84. The molecular weight excluding hydrogens is 398 g/mol. The van der Waals surface area contributed by atoms with Gasteiger partial charge >= 0.3 is 5.69 Å². The van der Waals surface area contributed by atoms with Crippen LogP contribution in [-0.4, -0.2) is 37.2 Å². The number of aliphatic imine (C=N–C) groups is 2. The zero-order chi connectivity index (χ0) is 21.0. The van der Waals surface area contributed by atoms with Gasteiger partial charge in [-0.15, -0.1) is 0 Å². The average molecular weight is 414 g/mol. The van der Waals surface area contributed by atoms with Crippen molar-refractivity contribution in [2.24, 2.45) is 9.98 Å². The second-order valence-electron chi connectivity index (χ2n) is 5.95. The fraction of sp³-hybridized carbons (Fsp3) is 0.111. The van der Waals surface area contributed by atoms with Crippen molar-refractivity contribution in [1.82, 2.24) is 19.9 Å². The highest BCUT2D eigenvalue weighted by molar-refractivity contribution is 6.30. The summed E-state index contributed by atoms with van der Waals surface area (Å²) in [4.78, 5) is 44.0. The van der Waals surface area contributed by atoms with Crippen LogP contribution in [0.4, 0.5) is 11.6 Å². The number of halogens is 1. The number of rotatable bonds is 3. The number of benzene rings is 1. The van der Waals surface area contributed by atoms with Gasteiger partial charge in [0, 0.05) is 28.3 Å². The van der Waals surface area contributed by atoms with Gasteiger partial charge in [0.2, 0.25) is 11.8 Å². The van der Waals surface area contributed by atoms with Crippen LogP contribution in [0.15, 0.2) is 49.9 Å². The summed E-state index contributed by atoms with van der Waals surface area (Å²) in [5, 5.41) is 13.3. The summed E-state index contributed by atoms with van der Waals surface area (Å²) in [5.41, 5.74) is 0.192. The fourth-order valence-corrected chi connectivity index (χ4v) is 2.46. The Morgan fingerprint density at radius 1 is 1.14 bits per heavy atom. The molecule has 29 heavy (non-hydrogen) atoms. The van der Waals surface area contributed by atoms with Crippen molar-refractivity contribution in [3.05, 3.63) is 73.1 Å². The molecule has 0 fully saturated rings. The molecule has 0 aliphatic carbocycles. The summed E-state index contributed by atoms with van der Waals surface area (Å²) < 4.78 is 0. The summed E-state index contributed by atoms with van der Waals surface area (Å²) in [6.07, 6.45) is 1.06. The molecule has 3 aromatic rings. The first-order valence-corrected chi connectivity index (χ1v) is 8.71. The van der Waals surface area contributed by atoms with E-state index in [0.717, 1.165) is 17.6 Å². The average Bonchev–Trinajstić information content (AvgIpc) is 2.61. The summed E-state index contributed by atoms with van der Waals surface area (Å²) in [6, 6.07) is 8.57. The van der Waals surface area contributed by atoms with Crippen LogP contribution in [0.1, 0.15) is 17.0 Å². The van der Waals surface area contributed by atoms with Crippen molar-refractivity contribution in [2.75, 3.05) is 5.32 Å². The van der Waals surface area contributed by atoms with E-state index in [1.54, 1.807) is 44.2 Å². The molecule has 10 nitrogen and oxygen atoms in total. The van der Waals surface area contributed by atoms with Gasteiger partial charge in [-0.25, -0.2) is 19.8 Å². The monoisotopic (exact) mass is 413 g/mol. The molecular formula is C18H16ClN7O3. The molecule has 0 unspecified atom stereocenters. The van der Waals surface area contributed by atoms with Crippen LogP contribution >= 0.6 is 11.6 Å². The Balaban J connectivity index is 2.02. The van der Waals surface area contributed by atoms with E-state index < -0.39 is 17.1 Å². The van der Waals surface area contributed by atoms with Gasteiger partial charge in [-0.05, 0) is 44.2 Å². The molecule has 2 heterocycles. The Bertz CT molecular complexity index is 1190. The molecule has 4 N–H and O–H groups in total. The lowest BCUT2D eigenvalue weighted by molar-refractivity contribution is 0.447. The summed E-state index contributed by atoms with van der Waals surface area (Å²) >= 11 is 5.90. The van der Waals surface area contributed by atoms with Gasteiger partial charge in [-0.1, -0.05) is 11.6 Å². The van der Waals surface area contributed by atoms with Crippen LogP contribution in [-0.2, 0) is 0 Å². The van der Waals surface area contributed by atoms with Gasteiger partial charge in [0.25, 0.3) is 11.5 Å². The minimum atomic E-state index is -0.832. The summed E-state index contributed by atoms with van der Waals surface area (Å²) in [7, 11) is 0. The van der Waals surface area contributed by atoms with E-state index in [1.807, 2.05) is 4.98 Å². The maximum absolute atomic E-state index is 11.9. The quantitative estimate of drug-likeness (QED) is 0.381. The minimum absolute atomic E-state index is 0.0438. The van der Waals surface area contributed by atoms with E-state index in [9.17, 15) is 14.7 Å². The maximum atomic E-state index is 11.9. The zero-order valence-electron chi connectivity index (χ0n) is 15.4. The first-order valence-electron chi connectivity index (χ1n) is 8.33. The number of hydrogen-bond donors (Lipinski definition) is 4. The first kappa shape index (κ1) is 20.0. The normalized spacial score (nSPS) is 11.8. The van der Waals surface area contributed by atoms with Crippen LogP contribution in [0.3, 0.4) is 0 Å². The second-order valence-corrected chi connectivity index (χ2v) is 6.38. The van der Waals surface area contributed by atoms with E-state index >= 15 is 0 Å². The number of aromatic hydroxyl groups is 1. The van der Waals surface area contributed by atoms with Crippen molar-refractivity contribution in [1.29, 1.82) is 0 Å². The maximum Gasteiger partial charge on any atom is 0.328 e. The molecule has 0 radical (unpaired) electrons. The van der Waals surface area contributed by atoms with Crippen molar-refractivity contribution < 1.29 is 5.11 Å². The van der Waals surface area contributed by atoms with E-state index in [4.69, 9.17) is 11.6 Å². The highest BCUT2D eigenvalue weighted by Gasteiger charge is 2.08. The molecule has 148 valence electrons. The molecule has 0 saturated carbocycles. The van der Waals surface area contributed by atoms with E-state index in [2.05, 4.69) is 30.3 Å². The summed E-state index contributed by atoms with van der Waals surface area (Å²) in [5.74, 6) is -0.408. The van der Waals surface area contributed by atoms with Gasteiger partial charge in [0.15, 0.2) is 0 Å². The molecule has 2 aromatic heterocycles. The molecule has 0 aliphatic rings. The van der Waals surface area contributed by atoms with Gasteiger partial charge in [-0.2, -0.15) is 4.99 Å². The largest absolute Gasteiger partial charge is 0.494 e. The molecule has 0 atom stereocenters. The van der Waals surface area contributed by atoms with Crippen molar-refractivity contribution >= 4 is 35.4 Å². The number of aromatic nitrogens is 4. The molecule has 0 spiro atoms. The predicted octanol–water partition coefficient (Wildman–Crippen LogP) is 2.05. The minimum Gasteiger partial charge on any atom is -0.494 e. The summed E-state index contributed by atoms with van der Waals surface area (Å²) in [6.45, 7) is 3.61. The van der Waals surface area contributed by atoms with E-state index in [-0.39, 0.29) is 17.5 Å². The van der Waals surface area contributed by atoms with Crippen LogP contribution < -0.4 is 16.6 Å². The highest BCUT2D eigenvalue weighted by atomic mass is 35.5. The lowest BCUT2D eigenvalue weighted by Gasteiger charge is -2.06. The van der Waals surface area contributed by atoms with Crippen molar-refractivity contribution in [2.45, 2.75) is 13.8 Å². The SMILES string of the molecule is Cc1cc(C)nc(N=C(N=Cc2c(O)[nH]c(=O)[nH]c2=O)Nc2ccc(Cl)cc2)n1. The van der Waals surface area contributed by atoms with Crippen molar-refractivity contribution in [3.63, 3.8) is 0 Å². The van der Waals surface area contributed by atoms with Crippen LogP contribution in [0.5, 0.6) is 5.88 Å². The lowest BCUT2D eigenvalue weighted by Crippen LogP contribution is -2.25. The Morgan fingerprint density at radius 2 is 1.79 bits per heavy atom. The Labute approximate surface area is 169 Å². The zero-order valence-corrected chi connectivity index (χ0v) is 16.2. The molecule has 0 saturated heterocycles. The van der Waals surface area contributed by atoms with Gasteiger partial charge < -0.3 is 10.4 Å². The molecule has 1 aromatic carbocycles. The molecule has 0 amide bonds. The second kappa shape index (κ2) is 8.48. The Morgan fingerprint density at radius 3 is 2.41 bits per heavy atom.